The van der Waals surface area contributed by atoms with E-state index < -0.39 is 5.94 Å². The number of nitrogen functional groups attached to an aromatic ring is 2. The minimum Gasteiger partial charge on any atom is -0.399 e. The standard InChI is InChI=1S/C8H12BN3/c1-4-6(8(9)12)2-5(10)3-7(4)11/h2-3,8H,10-12H2,1H3/t8-/m1/s1. The third kappa shape index (κ3) is 1.53. The Kier molecular flexibility index (Phi) is 2.28. The van der Waals surface area contributed by atoms with Crippen LogP contribution in [0.4, 0.5) is 11.4 Å². The summed E-state index contributed by atoms with van der Waals surface area (Å²) in [5.41, 5.74) is 19.7. The first kappa shape index (κ1) is 8.94. The van der Waals surface area contributed by atoms with Crippen LogP contribution in [0.1, 0.15) is 17.1 Å². The molecule has 1 atom stereocenters. The average Bonchev–Trinajstić information content (AvgIpc) is 1.96. The summed E-state index contributed by atoms with van der Waals surface area (Å²) >= 11 is 0. The molecule has 62 valence electrons. The summed E-state index contributed by atoms with van der Waals surface area (Å²) in [6.45, 7) is 1.87. The fraction of sp³-hybridized carbons (Fsp3) is 0.250. The minimum absolute atomic E-state index is 0.518. The normalized spacial score (nSPS) is 12.8. The second kappa shape index (κ2) is 3.07. The van der Waals surface area contributed by atoms with Crippen LogP contribution in [0.3, 0.4) is 0 Å². The molecule has 0 unspecified atom stereocenters. The Morgan fingerprint density at radius 3 is 2.42 bits per heavy atom. The molecule has 6 N–H and O–H groups in total. The zero-order valence-electron chi connectivity index (χ0n) is 7.04. The van der Waals surface area contributed by atoms with Crippen molar-refractivity contribution in [2.24, 2.45) is 5.73 Å². The van der Waals surface area contributed by atoms with E-state index in [-0.39, 0.29) is 0 Å². The summed E-state index contributed by atoms with van der Waals surface area (Å²) < 4.78 is 0. The molecule has 0 amide bonds. The summed E-state index contributed by atoms with van der Waals surface area (Å²) in [6, 6.07) is 3.44. The SMILES string of the molecule is [B][C@H](N)c1cc(N)cc(N)c1C. The van der Waals surface area contributed by atoms with Crippen molar-refractivity contribution in [3.63, 3.8) is 0 Å². The Morgan fingerprint density at radius 1 is 1.33 bits per heavy atom. The quantitative estimate of drug-likeness (QED) is 0.409. The summed E-state index contributed by atoms with van der Waals surface area (Å²) in [7, 11) is 5.52. The fourth-order valence-electron chi connectivity index (χ4n) is 1.13. The van der Waals surface area contributed by atoms with Gasteiger partial charge < -0.3 is 17.2 Å². The lowest BCUT2D eigenvalue weighted by atomic mass is 9.86. The number of hydrogen-bond acceptors (Lipinski definition) is 3. The third-order valence-corrected chi connectivity index (χ3v) is 1.87. The van der Waals surface area contributed by atoms with E-state index in [1.54, 1.807) is 12.1 Å². The lowest BCUT2D eigenvalue weighted by molar-refractivity contribution is 1.00. The molecule has 0 aliphatic heterocycles. The van der Waals surface area contributed by atoms with Crippen LogP contribution in [0, 0.1) is 6.92 Å². The van der Waals surface area contributed by atoms with Crippen LogP contribution in [0.15, 0.2) is 12.1 Å². The predicted molar refractivity (Wildman–Crippen MR) is 52.7 cm³/mol. The zero-order valence-corrected chi connectivity index (χ0v) is 7.04. The molecule has 4 heteroatoms. The van der Waals surface area contributed by atoms with Crippen molar-refractivity contribution < 1.29 is 0 Å². The maximum Gasteiger partial charge on any atom is 0.0968 e. The molecule has 0 bridgehead atoms. The number of anilines is 2. The van der Waals surface area contributed by atoms with Crippen molar-refractivity contribution in [3.05, 3.63) is 23.3 Å². The van der Waals surface area contributed by atoms with E-state index in [0.717, 1.165) is 11.1 Å². The molecule has 0 aromatic heterocycles. The molecule has 1 aromatic carbocycles. The first-order valence-corrected chi connectivity index (χ1v) is 3.69. The summed E-state index contributed by atoms with van der Waals surface area (Å²) in [5.74, 6) is -0.518. The summed E-state index contributed by atoms with van der Waals surface area (Å²) in [6.07, 6.45) is 0. The van der Waals surface area contributed by atoms with Gasteiger partial charge in [-0.2, -0.15) is 0 Å². The van der Waals surface area contributed by atoms with Gasteiger partial charge in [0, 0.05) is 11.4 Å². The third-order valence-electron chi connectivity index (χ3n) is 1.87. The molecule has 0 aliphatic rings. The molecule has 0 spiro atoms. The first-order valence-electron chi connectivity index (χ1n) is 3.69. The lowest BCUT2D eigenvalue weighted by Crippen LogP contribution is -2.12. The van der Waals surface area contributed by atoms with Gasteiger partial charge in [0.1, 0.15) is 0 Å². The maximum atomic E-state index is 5.67. The van der Waals surface area contributed by atoms with Crippen LogP contribution < -0.4 is 17.2 Å². The Labute approximate surface area is 73.3 Å². The molecule has 0 fully saturated rings. The van der Waals surface area contributed by atoms with Crippen molar-refractivity contribution in [1.29, 1.82) is 0 Å². The van der Waals surface area contributed by atoms with E-state index in [2.05, 4.69) is 0 Å². The number of hydrogen-bond donors (Lipinski definition) is 3. The highest BCUT2D eigenvalue weighted by molar-refractivity contribution is 6.12. The topological polar surface area (TPSA) is 78.1 Å². The Hall–Kier alpha value is -1.16. The van der Waals surface area contributed by atoms with E-state index in [9.17, 15) is 0 Å². The fourth-order valence-corrected chi connectivity index (χ4v) is 1.13. The highest BCUT2D eigenvalue weighted by Gasteiger charge is 2.06. The van der Waals surface area contributed by atoms with Crippen molar-refractivity contribution in [2.75, 3.05) is 11.5 Å². The van der Waals surface area contributed by atoms with Crippen molar-refractivity contribution in [2.45, 2.75) is 12.9 Å². The molecule has 3 nitrogen and oxygen atoms in total. The molecule has 0 aliphatic carbocycles. The van der Waals surface area contributed by atoms with Crippen LogP contribution >= 0.6 is 0 Å². The largest absolute Gasteiger partial charge is 0.399 e. The molecule has 2 radical (unpaired) electrons. The van der Waals surface area contributed by atoms with Gasteiger partial charge in [-0.15, -0.1) is 0 Å². The Bertz CT molecular complexity index is 297. The first-order chi connectivity index (χ1) is 5.52. The molecule has 1 rings (SSSR count). The van der Waals surface area contributed by atoms with Crippen molar-refractivity contribution >= 4 is 19.2 Å². The Morgan fingerprint density at radius 2 is 1.92 bits per heavy atom. The second-order valence-corrected chi connectivity index (χ2v) is 2.85. The highest BCUT2D eigenvalue weighted by Crippen LogP contribution is 2.23. The molecule has 1 aromatic rings. The van der Waals surface area contributed by atoms with E-state index in [0.29, 0.717) is 11.4 Å². The van der Waals surface area contributed by atoms with E-state index in [4.69, 9.17) is 25.0 Å². The van der Waals surface area contributed by atoms with E-state index in [1.165, 1.54) is 0 Å². The predicted octanol–water partition coefficient (Wildman–Crippen LogP) is 0.285. The number of nitrogens with two attached hydrogens (primary N) is 3. The molecular formula is C8H12BN3. The van der Waals surface area contributed by atoms with Gasteiger partial charge in [-0.05, 0) is 36.1 Å². The molecule has 0 saturated carbocycles. The Balaban J connectivity index is 3.28. The zero-order chi connectivity index (χ0) is 9.30. The van der Waals surface area contributed by atoms with Gasteiger partial charge in [0.2, 0.25) is 0 Å². The van der Waals surface area contributed by atoms with E-state index >= 15 is 0 Å². The summed E-state index contributed by atoms with van der Waals surface area (Å²) in [5, 5.41) is 0. The minimum atomic E-state index is -0.518. The number of rotatable bonds is 1. The second-order valence-electron chi connectivity index (χ2n) is 2.85. The van der Waals surface area contributed by atoms with Gasteiger partial charge in [0.05, 0.1) is 7.85 Å². The van der Waals surface area contributed by atoms with Gasteiger partial charge in [-0.3, -0.25) is 0 Å². The maximum absolute atomic E-state index is 5.67. The smallest absolute Gasteiger partial charge is 0.0968 e. The van der Waals surface area contributed by atoms with Gasteiger partial charge in [-0.25, -0.2) is 0 Å². The number of benzene rings is 1. The molecule has 0 saturated heterocycles. The van der Waals surface area contributed by atoms with Crippen LogP contribution in [0.25, 0.3) is 0 Å². The molecule has 12 heavy (non-hydrogen) atoms. The van der Waals surface area contributed by atoms with Crippen LogP contribution in [-0.4, -0.2) is 7.85 Å². The van der Waals surface area contributed by atoms with Crippen molar-refractivity contribution in [3.8, 4) is 0 Å². The van der Waals surface area contributed by atoms with Crippen molar-refractivity contribution in [1.82, 2.24) is 0 Å². The highest BCUT2D eigenvalue weighted by atomic mass is 14.6. The van der Waals surface area contributed by atoms with Crippen LogP contribution in [-0.2, 0) is 0 Å². The van der Waals surface area contributed by atoms with Crippen LogP contribution in [0.2, 0.25) is 0 Å². The van der Waals surface area contributed by atoms with Crippen LogP contribution in [0.5, 0.6) is 0 Å². The van der Waals surface area contributed by atoms with Gasteiger partial charge in [0.15, 0.2) is 0 Å². The average molecular weight is 161 g/mol. The van der Waals surface area contributed by atoms with E-state index in [1.807, 2.05) is 6.92 Å². The van der Waals surface area contributed by atoms with Gasteiger partial charge in [-0.1, -0.05) is 0 Å². The monoisotopic (exact) mass is 161 g/mol. The molecular weight excluding hydrogens is 149 g/mol. The lowest BCUT2D eigenvalue weighted by Gasteiger charge is -2.13. The molecule has 0 heterocycles. The van der Waals surface area contributed by atoms with Gasteiger partial charge >= 0.3 is 0 Å². The van der Waals surface area contributed by atoms with Gasteiger partial charge in [0.25, 0.3) is 0 Å². The summed E-state index contributed by atoms with van der Waals surface area (Å²) in [4.78, 5) is 0.